The van der Waals surface area contributed by atoms with E-state index in [1.54, 1.807) is 13.3 Å². The van der Waals surface area contributed by atoms with E-state index in [4.69, 9.17) is 9.40 Å². The largest absolute Gasteiger partial charge is 0.432 e. The lowest BCUT2D eigenvalue weighted by Crippen LogP contribution is -2.16. The van der Waals surface area contributed by atoms with Gasteiger partial charge in [-0.25, -0.2) is 15.0 Å². The Hall–Kier alpha value is -2.21. The zero-order valence-electron chi connectivity index (χ0n) is 15.7. The molecule has 26 heavy (non-hydrogen) atoms. The molecule has 0 aliphatic heterocycles. The van der Waals surface area contributed by atoms with Crippen LogP contribution in [0.4, 0.5) is 5.82 Å². The quantitative estimate of drug-likeness (QED) is 0.728. The Kier molecular flexibility index (Phi) is 4.53. The number of hydrogen-bond donors (Lipinski definition) is 2. The van der Waals surface area contributed by atoms with Crippen LogP contribution in [0.2, 0.25) is 0 Å². The lowest BCUT2D eigenvalue weighted by molar-refractivity contribution is 0.208. The summed E-state index contributed by atoms with van der Waals surface area (Å²) in [6, 6.07) is 0. The third-order valence-electron chi connectivity index (χ3n) is 4.97. The van der Waals surface area contributed by atoms with Crippen molar-refractivity contribution in [3.8, 4) is 0 Å². The van der Waals surface area contributed by atoms with E-state index < -0.39 is 6.10 Å². The molecule has 1 aliphatic carbocycles. The summed E-state index contributed by atoms with van der Waals surface area (Å²) in [6.07, 6.45) is 6.61. The minimum atomic E-state index is -0.465. The van der Waals surface area contributed by atoms with Crippen molar-refractivity contribution in [2.24, 2.45) is 5.92 Å². The fraction of sp³-hybridized carbons (Fsp3) is 0.550. The highest BCUT2D eigenvalue weighted by molar-refractivity contribution is 6.06. The molecule has 3 aromatic heterocycles. The number of anilines is 1. The number of aryl methyl sites for hydroxylation is 1. The Morgan fingerprint density at radius 2 is 1.92 bits per heavy atom. The molecular weight excluding hydrogens is 328 g/mol. The minimum Gasteiger partial charge on any atom is -0.432 e. The van der Waals surface area contributed by atoms with Crippen molar-refractivity contribution in [1.82, 2.24) is 15.0 Å². The second kappa shape index (κ2) is 6.83. The van der Waals surface area contributed by atoms with Crippen LogP contribution in [0.15, 0.2) is 10.7 Å². The van der Waals surface area contributed by atoms with Gasteiger partial charge in [-0.2, -0.15) is 0 Å². The van der Waals surface area contributed by atoms with Crippen molar-refractivity contribution >= 4 is 28.0 Å². The molecule has 0 radical (unpaired) electrons. The average Bonchev–Trinajstić information content (AvgIpc) is 2.98. The van der Waals surface area contributed by atoms with Gasteiger partial charge in [-0.15, -0.1) is 0 Å². The van der Waals surface area contributed by atoms with Crippen LogP contribution >= 0.6 is 0 Å². The van der Waals surface area contributed by atoms with Crippen molar-refractivity contribution in [3.05, 3.63) is 23.1 Å². The van der Waals surface area contributed by atoms with Gasteiger partial charge >= 0.3 is 0 Å². The smallest absolute Gasteiger partial charge is 0.229 e. The first-order chi connectivity index (χ1) is 12.5. The standard InChI is InChI=1S/C20H26N4O2/c1-11(2)8-15-13-6-4-5-7-14(13)16-17-18(26-20(16)24-15)19(23-10-22-17)21-9-12(3)25/h10-12,25H,4-9H2,1-3H3,(H,21,22,23)/t12-/m1/s1. The molecule has 6 nitrogen and oxygen atoms in total. The van der Waals surface area contributed by atoms with E-state index >= 15 is 0 Å². The first-order valence-electron chi connectivity index (χ1n) is 9.54. The molecule has 0 bridgehead atoms. The van der Waals surface area contributed by atoms with E-state index in [0.29, 0.717) is 29.6 Å². The van der Waals surface area contributed by atoms with Gasteiger partial charge in [-0.05, 0) is 56.1 Å². The van der Waals surface area contributed by atoms with E-state index in [1.807, 2.05) is 0 Å². The summed E-state index contributed by atoms with van der Waals surface area (Å²) >= 11 is 0. The maximum Gasteiger partial charge on any atom is 0.229 e. The Morgan fingerprint density at radius 1 is 1.15 bits per heavy atom. The maximum absolute atomic E-state index is 9.56. The Labute approximate surface area is 153 Å². The summed E-state index contributed by atoms with van der Waals surface area (Å²) in [5.41, 5.74) is 6.05. The van der Waals surface area contributed by atoms with Crippen LogP contribution < -0.4 is 5.32 Å². The molecule has 0 saturated heterocycles. The molecular formula is C20H26N4O2. The van der Waals surface area contributed by atoms with Gasteiger partial charge in [0.25, 0.3) is 0 Å². The van der Waals surface area contributed by atoms with Gasteiger partial charge in [0.1, 0.15) is 11.8 Å². The molecule has 1 aliphatic rings. The monoisotopic (exact) mass is 354 g/mol. The zero-order chi connectivity index (χ0) is 18.3. The van der Waals surface area contributed by atoms with Gasteiger partial charge in [-0.1, -0.05) is 13.8 Å². The van der Waals surface area contributed by atoms with E-state index in [9.17, 15) is 5.11 Å². The summed E-state index contributed by atoms with van der Waals surface area (Å²) in [5, 5.41) is 13.8. The lowest BCUT2D eigenvalue weighted by atomic mass is 9.87. The van der Waals surface area contributed by atoms with Gasteiger partial charge in [0, 0.05) is 12.2 Å². The number of aromatic nitrogens is 3. The Balaban J connectivity index is 1.93. The van der Waals surface area contributed by atoms with Gasteiger partial charge in [0.2, 0.25) is 5.71 Å². The number of hydrogen-bond acceptors (Lipinski definition) is 6. The minimum absolute atomic E-state index is 0.410. The second-order valence-electron chi connectivity index (χ2n) is 7.73. The number of aliphatic hydroxyl groups is 1. The molecule has 0 fully saturated rings. The Bertz CT molecular complexity index is 946. The number of aliphatic hydroxyl groups excluding tert-OH is 1. The fourth-order valence-electron chi connectivity index (χ4n) is 3.86. The molecule has 2 N–H and O–H groups in total. The number of pyridine rings is 1. The van der Waals surface area contributed by atoms with E-state index in [0.717, 1.165) is 30.2 Å². The zero-order valence-corrected chi connectivity index (χ0v) is 15.7. The van der Waals surface area contributed by atoms with Crippen LogP contribution in [0.3, 0.4) is 0 Å². The average molecular weight is 354 g/mol. The van der Waals surface area contributed by atoms with E-state index in [2.05, 4.69) is 29.1 Å². The summed E-state index contributed by atoms with van der Waals surface area (Å²) in [5.74, 6) is 1.17. The molecule has 0 aromatic carbocycles. The maximum atomic E-state index is 9.56. The fourth-order valence-corrected chi connectivity index (χ4v) is 3.86. The highest BCUT2D eigenvalue weighted by Gasteiger charge is 2.24. The van der Waals surface area contributed by atoms with Gasteiger partial charge in [-0.3, -0.25) is 0 Å². The molecule has 0 amide bonds. The van der Waals surface area contributed by atoms with Crippen LogP contribution in [0.25, 0.3) is 22.2 Å². The molecule has 0 saturated carbocycles. The number of furan rings is 1. The topological polar surface area (TPSA) is 84.1 Å². The van der Waals surface area contributed by atoms with Crippen LogP contribution in [0.5, 0.6) is 0 Å². The molecule has 6 heteroatoms. The van der Waals surface area contributed by atoms with Crippen molar-refractivity contribution in [2.75, 3.05) is 11.9 Å². The van der Waals surface area contributed by atoms with Crippen LogP contribution in [-0.4, -0.2) is 32.7 Å². The molecule has 138 valence electrons. The number of rotatable bonds is 5. The highest BCUT2D eigenvalue weighted by atomic mass is 16.3. The molecule has 1 atom stereocenters. The van der Waals surface area contributed by atoms with Gasteiger partial charge < -0.3 is 14.8 Å². The first kappa shape index (κ1) is 17.2. The number of fused-ring (bicyclic) bond motifs is 5. The van der Waals surface area contributed by atoms with Crippen molar-refractivity contribution in [1.29, 1.82) is 0 Å². The molecule has 0 unspecified atom stereocenters. The Morgan fingerprint density at radius 3 is 2.65 bits per heavy atom. The van der Waals surface area contributed by atoms with Crippen molar-refractivity contribution in [3.63, 3.8) is 0 Å². The van der Waals surface area contributed by atoms with Crippen LogP contribution in [0.1, 0.15) is 50.4 Å². The summed E-state index contributed by atoms with van der Waals surface area (Å²) in [4.78, 5) is 13.7. The summed E-state index contributed by atoms with van der Waals surface area (Å²) in [7, 11) is 0. The molecule has 0 spiro atoms. The van der Waals surface area contributed by atoms with Gasteiger partial charge in [0.15, 0.2) is 11.4 Å². The highest BCUT2D eigenvalue weighted by Crippen LogP contribution is 2.37. The number of nitrogens with one attached hydrogen (secondary N) is 1. The third kappa shape index (κ3) is 3.03. The van der Waals surface area contributed by atoms with Crippen molar-refractivity contribution in [2.45, 2.75) is 59.0 Å². The van der Waals surface area contributed by atoms with E-state index in [1.165, 1.54) is 29.7 Å². The van der Waals surface area contributed by atoms with Crippen LogP contribution in [-0.2, 0) is 19.3 Å². The predicted octanol–water partition coefficient (Wildman–Crippen LogP) is 3.64. The van der Waals surface area contributed by atoms with Gasteiger partial charge in [0.05, 0.1) is 11.5 Å². The predicted molar refractivity (Wildman–Crippen MR) is 102 cm³/mol. The lowest BCUT2D eigenvalue weighted by Gasteiger charge is -2.20. The summed E-state index contributed by atoms with van der Waals surface area (Å²) < 4.78 is 6.12. The second-order valence-corrected chi connectivity index (χ2v) is 7.73. The van der Waals surface area contributed by atoms with Crippen LogP contribution in [0, 0.1) is 5.92 Å². The summed E-state index contributed by atoms with van der Waals surface area (Å²) in [6.45, 7) is 6.60. The third-order valence-corrected chi connectivity index (χ3v) is 4.97. The SMILES string of the molecule is CC(C)Cc1nc2oc3c(NC[C@@H](C)O)ncnc3c2c2c1CCCC2. The normalized spacial score (nSPS) is 15.6. The molecule has 4 rings (SSSR count). The number of nitrogens with zero attached hydrogens (tertiary/aromatic N) is 3. The van der Waals surface area contributed by atoms with E-state index in [-0.39, 0.29) is 0 Å². The molecule has 3 heterocycles. The van der Waals surface area contributed by atoms with Crippen molar-refractivity contribution < 1.29 is 9.52 Å². The first-order valence-corrected chi connectivity index (χ1v) is 9.54. The molecule has 3 aromatic rings.